The fraction of sp³-hybridized carbons (Fsp3) is 0.231. The van der Waals surface area contributed by atoms with Gasteiger partial charge in [0.25, 0.3) is 0 Å². The van der Waals surface area contributed by atoms with Crippen LogP contribution in [0, 0.1) is 0 Å². The van der Waals surface area contributed by atoms with Crippen molar-refractivity contribution in [3.05, 3.63) is 35.5 Å². The lowest BCUT2D eigenvalue weighted by molar-refractivity contribution is -0.134. The molecule has 0 atom stereocenters. The molecule has 4 heteroatoms. The summed E-state index contributed by atoms with van der Waals surface area (Å²) in [5.74, 6) is 0.213. The Balaban J connectivity index is 2.41. The van der Waals surface area contributed by atoms with Crippen molar-refractivity contribution in [1.29, 1.82) is 0 Å². The summed E-state index contributed by atoms with van der Waals surface area (Å²) in [4.78, 5) is 15.7. The van der Waals surface area contributed by atoms with Gasteiger partial charge in [-0.05, 0) is 30.7 Å². The first-order valence-electron chi connectivity index (χ1n) is 5.46. The number of halogens is 1. The Kier molecular flexibility index (Phi) is 3.59. The molecule has 0 aliphatic rings. The molecule has 0 spiro atoms. The Bertz CT molecular complexity index is 554. The molecule has 0 unspecified atom stereocenters. The van der Waals surface area contributed by atoms with Gasteiger partial charge in [0.1, 0.15) is 5.52 Å². The molecule has 0 fully saturated rings. The largest absolute Gasteiger partial charge is 0.424 e. The number of pyridine rings is 1. The van der Waals surface area contributed by atoms with Gasteiger partial charge in [-0.25, -0.2) is 0 Å². The van der Waals surface area contributed by atoms with E-state index in [2.05, 4.69) is 4.98 Å². The Morgan fingerprint density at radius 3 is 3.00 bits per heavy atom. The minimum atomic E-state index is -0.248. The maximum Gasteiger partial charge on any atom is 0.311 e. The van der Waals surface area contributed by atoms with Crippen LogP contribution in [-0.4, -0.2) is 11.0 Å². The van der Waals surface area contributed by atoms with E-state index in [1.807, 2.05) is 13.0 Å². The zero-order valence-electron chi connectivity index (χ0n) is 9.44. The molecule has 1 aromatic heterocycles. The van der Waals surface area contributed by atoms with Crippen LogP contribution in [0.3, 0.4) is 0 Å². The molecule has 1 heterocycles. The van der Waals surface area contributed by atoms with Crippen molar-refractivity contribution >= 4 is 28.5 Å². The molecule has 1 aromatic carbocycles. The molecule has 88 valence electrons. The lowest BCUT2D eigenvalue weighted by Crippen LogP contribution is -2.07. The third kappa shape index (κ3) is 2.56. The smallest absolute Gasteiger partial charge is 0.311 e. The lowest BCUT2D eigenvalue weighted by Gasteiger charge is -2.07. The van der Waals surface area contributed by atoms with Crippen LogP contribution in [0.1, 0.15) is 19.8 Å². The molecule has 2 aromatic rings. The molecule has 0 aliphatic carbocycles. The van der Waals surface area contributed by atoms with Gasteiger partial charge in [0.2, 0.25) is 0 Å². The monoisotopic (exact) mass is 249 g/mol. The van der Waals surface area contributed by atoms with E-state index in [0.717, 1.165) is 11.8 Å². The quantitative estimate of drug-likeness (QED) is 0.616. The van der Waals surface area contributed by atoms with Gasteiger partial charge >= 0.3 is 5.97 Å². The minimum absolute atomic E-state index is 0.248. The minimum Gasteiger partial charge on any atom is -0.424 e. The summed E-state index contributed by atoms with van der Waals surface area (Å²) in [5, 5.41) is 1.39. The number of rotatable bonds is 3. The fourth-order valence-corrected chi connectivity index (χ4v) is 1.79. The van der Waals surface area contributed by atoms with E-state index in [1.54, 1.807) is 24.4 Å². The number of carbonyl (C=O) groups is 1. The number of benzene rings is 1. The van der Waals surface area contributed by atoms with Gasteiger partial charge in [-0.3, -0.25) is 9.78 Å². The molecular formula is C13H12ClNO2. The van der Waals surface area contributed by atoms with Crippen molar-refractivity contribution in [3.63, 3.8) is 0 Å². The van der Waals surface area contributed by atoms with E-state index in [9.17, 15) is 4.79 Å². The number of carbonyl (C=O) groups excluding carboxylic acids is 1. The summed E-state index contributed by atoms with van der Waals surface area (Å²) in [7, 11) is 0. The molecular weight excluding hydrogens is 238 g/mol. The number of esters is 1. The Hall–Kier alpha value is -1.61. The van der Waals surface area contributed by atoms with Crippen LogP contribution in [0.2, 0.25) is 5.02 Å². The van der Waals surface area contributed by atoms with Crippen LogP contribution in [-0.2, 0) is 4.79 Å². The maximum absolute atomic E-state index is 11.5. The highest BCUT2D eigenvalue weighted by molar-refractivity contribution is 6.35. The van der Waals surface area contributed by atoms with E-state index >= 15 is 0 Å². The van der Waals surface area contributed by atoms with Crippen LogP contribution >= 0.6 is 11.6 Å². The van der Waals surface area contributed by atoms with Gasteiger partial charge in [-0.15, -0.1) is 0 Å². The highest BCUT2D eigenvalue weighted by Crippen LogP contribution is 2.29. The van der Waals surface area contributed by atoms with Gasteiger partial charge in [0.15, 0.2) is 5.75 Å². The van der Waals surface area contributed by atoms with E-state index < -0.39 is 0 Å². The molecule has 0 saturated carbocycles. The Morgan fingerprint density at radius 1 is 1.41 bits per heavy atom. The number of nitrogens with zero attached hydrogens (tertiary/aromatic N) is 1. The topological polar surface area (TPSA) is 39.2 Å². The van der Waals surface area contributed by atoms with Gasteiger partial charge in [-0.2, -0.15) is 0 Å². The fourth-order valence-electron chi connectivity index (χ4n) is 1.57. The normalized spacial score (nSPS) is 10.5. The van der Waals surface area contributed by atoms with Crippen molar-refractivity contribution < 1.29 is 9.53 Å². The van der Waals surface area contributed by atoms with E-state index in [-0.39, 0.29) is 5.97 Å². The molecule has 17 heavy (non-hydrogen) atoms. The maximum atomic E-state index is 11.5. The summed E-state index contributed by atoms with van der Waals surface area (Å²) in [6, 6.07) is 7.03. The standard InChI is InChI=1S/C13H12ClNO2/c1-2-4-12(16)17-11-7-6-10(14)9-5-3-8-15-13(9)11/h3,5-8H,2,4H2,1H3. The van der Waals surface area contributed by atoms with Crippen molar-refractivity contribution in [1.82, 2.24) is 4.98 Å². The van der Waals surface area contributed by atoms with Crippen molar-refractivity contribution in [2.45, 2.75) is 19.8 Å². The summed E-state index contributed by atoms with van der Waals surface area (Å²) < 4.78 is 5.26. The van der Waals surface area contributed by atoms with Crippen LogP contribution in [0.15, 0.2) is 30.5 Å². The van der Waals surface area contributed by atoms with Gasteiger partial charge in [-0.1, -0.05) is 18.5 Å². The number of fused-ring (bicyclic) bond motifs is 1. The summed E-state index contributed by atoms with van der Waals surface area (Å²) >= 11 is 6.05. The lowest BCUT2D eigenvalue weighted by atomic mass is 10.2. The van der Waals surface area contributed by atoms with E-state index in [0.29, 0.717) is 22.7 Å². The van der Waals surface area contributed by atoms with Gasteiger partial charge in [0, 0.05) is 18.0 Å². The summed E-state index contributed by atoms with van der Waals surface area (Å²) in [6.07, 6.45) is 2.81. The third-order valence-corrected chi connectivity index (χ3v) is 2.69. The first kappa shape index (κ1) is 11.9. The first-order chi connectivity index (χ1) is 8.22. The predicted molar refractivity (Wildman–Crippen MR) is 67.3 cm³/mol. The third-order valence-electron chi connectivity index (χ3n) is 2.36. The van der Waals surface area contributed by atoms with E-state index in [4.69, 9.17) is 16.3 Å². The van der Waals surface area contributed by atoms with E-state index in [1.165, 1.54) is 0 Å². The predicted octanol–water partition coefficient (Wildman–Crippen LogP) is 3.59. The van der Waals surface area contributed by atoms with Gasteiger partial charge < -0.3 is 4.74 Å². The highest BCUT2D eigenvalue weighted by atomic mass is 35.5. The summed E-state index contributed by atoms with van der Waals surface area (Å²) in [5.41, 5.74) is 0.615. The average Bonchev–Trinajstić information content (AvgIpc) is 2.34. The van der Waals surface area contributed by atoms with Crippen LogP contribution in [0.4, 0.5) is 0 Å². The second-order valence-electron chi connectivity index (χ2n) is 3.67. The first-order valence-corrected chi connectivity index (χ1v) is 5.84. The zero-order valence-corrected chi connectivity index (χ0v) is 10.2. The van der Waals surface area contributed by atoms with Crippen molar-refractivity contribution in [2.75, 3.05) is 0 Å². The molecule has 0 aliphatic heterocycles. The summed E-state index contributed by atoms with van der Waals surface area (Å²) in [6.45, 7) is 1.93. The Morgan fingerprint density at radius 2 is 2.24 bits per heavy atom. The highest BCUT2D eigenvalue weighted by Gasteiger charge is 2.10. The number of hydrogen-bond acceptors (Lipinski definition) is 3. The molecule has 0 amide bonds. The molecule has 0 radical (unpaired) electrons. The number of aromatic nitrogens is 1. The van der Waals surface area contributed by atoms with Crippen molar-refractivity contribution in [3.8, 4) is 5.75 Å². The average molecular weight is 250 g/mol. The van der Waals surface area contributed by atoms with Crippen molar-refractivity contribution in [2.24, 2.45) is 0 Å². The van der Waals surface area contributed by atoms with Crippen LogP contribution in [0.25, 0.3) is 10.9 Å². The molecule has 3 nitrogen and oxygen atoms in total. The molecule has 2 rings (SSSR count). The molecule has 0 N–H and O–H groups in total. The molecule has 0 bridgehead atoms. The second kappa shape index (κ2) is 5.15. The molecule has 0 saturated heterocycles. The SMILES string of the molecule is CCCC(=O)Oc1ccc(Cl)c2cccnc12. The Labute approximate surface area is 104 Å². The number of hydrogen-bond donors (Lipinski definition) is 0. The zero-order chi connectivity index (χ0) is 12.3. The van der Waals surface area contributed by atoms with Crippen LogP contribution in [0.5, 0.6) is 5.75 Å². The number of ether oxygens (including phenoxy) is 1. The second-order valence-corrected chi connectivity index (χ2v) is 4.08. The van der Waals surface area contributed by atoms with Crippen LogP contribution < -0.4 is 4.74 Å². The van der Waals surface area contributed by atoms with Gasteiger partial charge in [0.05, 0.1) is 5.02 Å².